The predicted molar refractivity (Wildman–Crippen MR) is 241 cm³/mol. The Morgan fingerprint density at radius 1 is 0.441 bits per heavy atom. The van der Waals surface area contributed by atoms with Gasteiger partial charge in [0.25, 0.3) is 0 Å². The molecule has 0 unspecified atom stereocenters. The van der Waals surface area contributed by atoms with Gasteiger partial charge in [0.05, 0.1) is 0 Å². The van der Waals surface area contributed by atoms with Crippen molar-refractivity contribution in [3.63, 3.8) is 0 Å². The van der Waals surface area contributed by atoms with Gasteiger partial charge < -0.3 is 33.7 Å². The van der Waals surface area contributed by atoms with Crippen LogP contribution in [-0.2, 0) is 64.7 Å². The summed E-state index contributed by atoms with van der Waals surface area (Å²) in [6, 6.07) is 49.5. The number of aryl methyl sites for hydroxylation is 2. The van der Waals surface area contributed by atoms with Crippen LogP contribution < -0.4 is 54.4 Å². The number of benzene rings is 4. The molecule has 0 bridgehead atoms. The molecule has 2 aliphatic rings. The molecule has 59 heavy (non-hydrogen) atoms. The fourth-order valence-electron chi connectivity index (χ4n) is 10.3. The SMILES string of the molecule is CC(C)(C)[Si](Oc1[cH-]c2c(c1CCc1c(O[Si](c3ccccc3)(c3ccccc3)C(C)(C)C)[cH-]c3c1CCCC3)CCCC2)(c1ccccc1)c1ccccc1.[Cl-].[Cl-].[Zr+4]. The molecule has 0 heterocycles. The molecular formula is C52H60Cl2O2Si2Zr. The first-order valence-corrected chi connectivity index (χ1v) is 25.1. The first kappa shape index (κ1) is 47.1. The van der Waals surface area contributed by atoms with Crippen molar-refractivity contribution in [2.75, 3.05) is 0 Å². The van der Waals surface area contributed by atoms with E-state index < -0.39 is 16.6 Å². The maximum atomic E-state index is 7.89. The third-order valence-corrected chi connectivity index (χ3v) is 22.8. The van der Waals surface area contributed by atoms with Gasteiger partial charge in [-0.05, 0) is 42.3 Å². The maximum absolute atomic E-state index is 7.89. The van der Waals surface area contributed by atoms with Gasteiger partial charge in [0.15, 0.2) is 0 Å². The van der Waals surface area contributed by atoms with E-state index in [4.69, 9.17) is 8.85 Å². The first-order chi connectivity index (χ1) is 27.0. The number of hydrogen-bond acceptors (Lipinski definition) is 2. The summed E-state index contributed by atoms with van der Waals surface area (Å²) in [4.78, 5) is 0. The van der Waals surface area contributed by atoms with Crippen LogP contribution in [0.5, 0.6) is 11.5 Å². The van der Waals surface area contributed by atoms with Crippen LogP contribution in [0, 0.1) is 0 Å². The van der Waals surface area contributed by atoms with Crippen LogP contribution in [0.4, 0.5) is 0 Å². The van der Waals surface area contributed by atoms with E-state index in [1.807, 2.05) is 0 Å². The summed E-state index contributed by atoms with van der Waals surface area (Å²) in [5, 5.41) is 5.10. The Morgan fingerprint density at radius 3 is 0.983 bits per heavy atom. The number of halogens is 2. The minimum Gasteiger partial charge on any atom is -1.00 e. The van der Waals surface area contributed by atoms with Crippen molar-refractivity contribution in [2.45, 2.75) is 116 Å². The van der Waals surface area contributed by atoms with Crippen molar-refractivity contribution in [1.82, 2.24) is 0 Å². The summed E-state index contributed by atoms with van der Waals surface area (Å²) in [6.45, 7) is 14.4. The minimum absolute atomic E-state index is 0. The van der Waals surface area contributed by atoms with Gasteiger partial charge in [-0.3, -0.25) is 0 Å². The summed E-state index contributed by atoms with van der Waals surface area (Å²) >= 11 is 0. The summed E-state index contributed by atoms with van der Waals surface area (Å²) in [5.74, 6) is 2.25. The van der Waals surface area contributed by atoms with Crippen LogP contribution in [-0.4, -0.2) is 16.6 Å². The van der Waals surface area contributed by atoms with E-state index in [1.165, 1.54) is 68.7 Å². The average Bonchev–Trinajstić information content (AvgIpc) is 3.74. The molecule has 6 aromatic rings. The van der Waals surface area contributed by atoms with Crippen LogP contribution in [0.1, 0.15) is 101 Å². The van der Waals surface area contributed by atoms with Crippen molar-refractivity contribution in [3.05, 3.63) is 167 Å². The van der Waals surface area contributed by atoms with E-state index in [0.717, 1.165) is 50.0 Å². The Kier molecular flexibility index (Phi) is 15.5. The van der Waals surface area contributed by atoms with E-state index in [-0.39, 0.29) is 61.1 Å². The van der Waals surface area contributed by atoms with Crippen molar-refractivity contribution >= 4 is 37.4 Å². The third-order valence-electron chi connectivity index (χ3n) is 12.9. The van der Waals surface area contributed by atoms with Gasteiger partial charge in [0.2, 0.25) is 0 Å². The van der Waals surface area contributed by atoms with Gasteiger partial charge in [-0.15, -0.1) is 12.1 Å². The molecule has 0 amide bonds. The van der Waals surface area contributed by atoms with E-state index >= 15 is 0 Å². The fraction of sp³-hybridized carbons (Fsp3) is 0.346. The van der Waals surface area contributed by atoms with Crippen LogP contribution >= 0.6 is 0 Å². The van der Waals surface area contributed by atoms with E-state index in [1.54, 1.807) is 11.1 Å². The molecular weight excluding hydrogens is 875 g/mol. The summed E-state index contributed by atoms with van der Waals surface area (Å²) in [7, 11) is -5.63. The smallest absolute Gasteiger partial charge is 1.00 e. The molecule has 0 N–H and O–H groups in total. The zero-order chi connectivity index (χ0) is 39.0. The maximum Gasteiger partial charge on any atom is 4.00 e. The Labute approximate surface area is 388 Å². The Morgan fingerprint density at radius 2 is 0.712 bits per heavy atom. The molecule has 7 heteroatoms. The third kappa shape index (κ3) is 8.89. The predicted octanol–water partition coefficient (Wildman–Crippen LogP) is 4.55. The molecule has 0 spiro atoms. The van der Waals surface area contributed by atoms with Crippen molar-refractivity contribution in [3.8, 4) is 11.5 Å². The first-order valence-electron chi connectivity index (χ1n) is 21.2. The van der Waals surface area contributed by atoms with Crippen LogP contribution in [0.15, 0.2) is 133 Å². The average molecular weight is 935 g/mol. The molecule has 0 saturated carbocycles. The second-order valence-corrected chi connectivity index (χ2v) is 26.9. The number of fused-ring (bicyclic) bond motifs is 2. The zero-order valence-corrected chi connectivity index (χ0v) is 41.8. The molecule has 6 aromatic carbocycles. The molecule has 0 aromatic heterocycles. The van der Waals surface area contributed by atoms with Gasteiger partial charge in [-0.25, -0.2) is 0 Å². The van der Waals surface area contributed by atoms with Crippen LogP contribution in [0.3, 0.4) is 0 Å². The Hall–Kier alpha value is -2.92. The minimum atomic E-state index is -2.81. The normalized spacial score (nSPS) is 14.1. The van der Waals surface area contributed by atoms with Crippen LogP contribution in [0.2, 0.25) is 10.1 Å². The second-order valence-electron chi connectivity index (χ2n) is 18.4. The monoisotopic (exact) mass is 932 g/mol. The van der Waals surface area contributed by atoms with E-state index in [0.29, 0.717) is 0 Å². The molecule has 0 aliphatic heterocycles. The summed E-state index contributed by atoms with van der Waals surface area (Å²) in [5.41, 5.74) is 9.00. The molecule has 2 aliphatic carbocycles. The second kappa shape index (κ2) is 19.4. The molecule has 8 rings (SSSR count). The summed E-state index contributed by atoms with van der Waals surface area (Å²) < 4.78 is 15.8. The standard InChI is InChI=1S/C52H60O2Si2.2ClH.Zr/c1-51(2,3)55(41-25-11-7-12-26-41,42-27-13-8-14-28-42)53-49-37-39-23-19-21-33-45(39)47(49)35-36-48-46-34-22-20-24-40(46)38-50(48)54-56(52(4,5)6,43-29-15-9-16-30-43)44-31-17-10-18-32-44;;;/h7-18,25-32,37-38H,19-24,33-36H2,1-6H3;2*1H;/q-2;;;+4/p-2. The Bertz CT molecular complexity index is 2000. The fourth-order valence-corrected chi connectivity index (χ4v) is 19.1. The van der Waals surface area contributed by atoms with Gasteiger partial charge in [-0.1, -0.05) is 227 Å². The Balaban J connectivity index is 0.00000220. The number of hydrogen-bond donors (Lipinski definition) is 0. The molecule has 0 fully saturated rings. The van der Waals surface area contributed by atoms with Gasteiger partial charge >= 0.3 is 42.8 Å². The van der Waals surface area contributed by atoms with Crippen molar-refractivity contribution < 1.29 is 59.9 Å². The van der Waals surface area contributed by atoms with Gasteiger partial charge in [-0.2, -0.15) is 33.4 Å². The molecule has 2 nitrogen and oxygen atoms in total. The van der Waals surface area contributed by atoms with Crippen molar-refractivity contribution in [2.24, 2.45) is 0 Å². The molecule has 306 valence electrons. The molecule has 0 atom stereocenters. The van der Waals surface area contributed by atoms with Gasteiger partial charge in [0.1, 0.15) is 0 Å². The molecule has 0 radical (unpaired) electrons. The number of rotatable bonds is 11. The largest absolute Gasteiger partial charge is 4.00 e. The topological polar surface area (TPSA) is 18.5 Å². The van der Waals surface area contributed by atoms with Crippen molar-refractivity contribution in [1.29, 1.82) is 0 Å². The molecule has 0 saturated heterocycles. The zero-order valence-electron chi connectivity index (χ0n) is 35.8. The van der Waals surface area contributed by atoms with Crippen LogP contribution in [0.25, 0.3) is 0 Å². The summed E-state index contributed by atoms with van der Waals surface area (Å²) in [6.07, 6.45) is 11.5. The van der Waals surface area contributed by atoms with Gasteiger partial charge in [0, 0.05) is 0 Å². The quantitative estimate of drug-likeness (QED) is 0.141. The van der Waals surface area contributed by atoms with E-state index in [2.05, 4.69) is 175 Å². The van der Waals surface area contributed by atoms with E-state index in [9.17, 15) is 0 Å².